The number of hydrogen-bond acceptors (Lipinski definition) is 3. The summed E-state index contributed by atoms with van der Waals surface area (Å²) in [5, 5.41) is 11.5. The van der Waals surface area contributed by atoms with Crippen LogP contribution in [0.4, 0.5) is 8.78 Å². The Balaban J connectivity index is 2.28. The Bertz CT molecular complexity index is 513. The first kappa shape index (κ1) is 13.3. The van der Waals surface area contributed by atoms with Crippen LogP contribution in [0.5, 0.6) is 0 Å². The molecule has 0 aliphatic carbocycles. The lowest BCUT2D eigenvalue weighted by Gasteiger charge is -2.23. The van der Waals surface area contributed by atoms with Gasteiger partial charge >= 0.3 is 0 Å². The van der Waals surface area contributed by atoms with Crippen molar-refractivity contribution in [3.05, 3.63) is 35.4 Å². The van der Waals surface area contributed by atoms with Crippen molar-refractivity contribution in [2.24, 2.45) is 10.9 Å². The molecule has 1 heterocycles. The van der Waals surface area contributed by atoms with E-state index in [0.717, 1.165) is 12.1 Å². The molecule has 3 N–H and O–H groups in total. The number of halogens is 2. The van der Waals surface area contributed by atoms with Gasteiger partial charge in [-0.25, -0.2) is 8.78 Å². The zero-order valence-electron chi connectivity index (χ0n) is 10.0. The van der Waals surface area contributed by atoms with Crippen LogP contribution >= 0.6 is 0 Å². The standard InChI is InChI=1S/C12H13F2N3O2/c13-8-4-7(5-9(14)6-8)12(18)17-3-1-2-10(17)11(15)16-19/h4-6,10,19H,1-3H2,(H2,15,16). The first-order valence-electron chi connectivity index (χ1n) is 5.77. The summed E-state index contributed by atoms with van der Waals surface area (Å²) in [7, 11) is 0. The summed E-state index contributed by atoms with van der Waals surface area (Å²) in [6, 6.07) is 2.09. The zero-order chi connectivity index (χ0) is 14.0. The van der Waals surface area contributed by atoms with Gasteiger partial charge in [0.2, 0.25) is 0 Å². The third kappa shape index (κ3) is 2.64. The van der Waals surface area contributed by atoms with Gasteiger partial charge in [0.1, 0.15) is 11.6 Å². The molecule has 1 aromatic rings. The van der Waals surface area contributed by atoms with Gasteiger partial charge in [-0.2, -0.15) is 0 Å². The number of amides is 1. The summed E-state index contributed by atoms with van der Waals surface area (Å²) < 4.78 is 26.2. The molecule has 0 bridgehead atoms. The number of rotatable bonds is 2. The van der Waals surface area contributed by atoms with Crippen molar-refractivity contribution in [3.63, 3.8) is 0 Å². The van der Waals surface area contributed by atoms with Crippen molar-refractivity contribution in [1.82, 2.24) is 4.90 Å². The fourth-order valence-electron chi connectivity index (χ4n) is 2.23. The average Bonchev–Trinajstić information content (AvgIpc) is 2.84. The highest BCUT2D eigenvalue weighted by atomic mass is 19.1. The fourth-order valence-corrected chi connectivity index (χ4v) is 2.23. The topological polar surface area (TPSA) is 78.9 Å². The van der Waals surface area contributed by atoms with Crippen molar-refractivity contribution in [3.8, 4) is 0 Å². The Kier molecular flexibility index (Phi) is 3.64. The highest BCUT2D eigenvalue weighted by molar-refractivity contribution is 5.98. The largest absolute Gasteiger partial charge is 0.409 e. The predicted octanol–water partition coefficient (Wildman–Crippen LogP) is 1.32. The van der Waals surface area contributed by atoms with Crippen LogP contribution in [0, 0.1) is 11.6 Å². The number of nitrogens with zero attached hydrogens (tertiary/aromatic N) is 2. The maximum absolute atomic E-state index is 13.1. The summed E-state index contributed by atoms with van der Waals surface area (Å²) >= 11 is 0. The van der Waals surface area contributed by atoms with Crippen molar-refractivity contribution in [2.45, 2.75) is 18.9 Å². The van der Waals surface area contributed by atoms with E-state index in [4.69, 9.17) is 10.9 Å². The van der Waals surface area contributed by atoms with E-state index in [1.165, 1.54) is 4.90 Å². The van der Waals surface area contributed by atoms with Crippen LogP contribution in [0.2, 0.25) is 0 Å². The normalized spacial score (nSPS) is 19.8. The molecule has 0 aromatic heterocycles. The molecule has 1 aromatic carbocycles. The van der Waals surface area contributed by atoms with Crippen molar-refractivity contribution in [2.75, 3.05) is 6.54 Å². The number of carbonyl (C=O) groups is 1. The Morgan fingerprint density at radius 1 is 1.37 bits per heavy atom. The van der Waals surface area contributed by atoms with Gasteiger partial charge in [-0.15, -0.1) is 0 Å². The molecule has 1 aliphatic rings. The van der Waals surface area contributed by atoms with Gasteiger partial charge < -0.3 is 15.8 Å². The van der Waals surface area contributed by atoms with Crippen LogP contribution in [0.1, 0.15) is 23.2 Å². The molecule has 1 aliphatic heterocycles. The molecule has 2 rings (SSSR count). The van der Waals surface area contributed by atoms with E-state index < -0.39 is 23.6 Å². The van der Waals surface area contributed by atoms with Crippen LogP contribution < -0.4 is 5.73 Å². The quantitative estimate of drug-likeness (QED) is 0.368. The van der Waals surface area contributed by atoms with Gasteiger partial charge in [0, 0.05) is 18.2 Å². The predicted molar refractivity (Wildman–Crippen MR) is 63.8 cm³/mol. The third-order valence-electron chi connectivity index (χ3n) is 3.08. The Hall–Kier alpha value is -2.18. The molecule has 5 nitrogen and oxygen atoms in total. The number of benzene rings is 1. The second-order valence-electron chi connectivity index (χ2n) is 4.34. The van der Waals surface area contributed by atoms with Crippen molar-refractivity contribution < 1.29 is 18.8 Å². The van der Waals surface area contributed by atoms with Gasteiger partial charge in [-0.3, -0.25) is 4.79 Å². The van der Waals surface area contributed by atoms with E-state index in [2.05, 4.69) is 5.16 Å². The highest BCUT2D eigenvalue weighted by Crippen LogP contribution is 2.21. The Morgan fingerprint density at radius 2 is 2.00 bits per heavy atom. The molecule has 0 saturated carbocycles. The molecule has 1 atom stereocenters. The summed E-state index contributed by atoms with van der Waals surface area (Å²) in [5.74, 6) is -2.25. The molecule has 0 spiro atoms. The van der Waals surface area contributed by atoms with E-state index in [1.54, 1.807) is 0 Å². The summed E-state index contributed by atoms with van der Waals surface area (Å²) in [4.78, 5) is 13.5. The first-order valence-corrected chi connectivity index (χ1v) is 5.77. The molecular weight excluding hydrogens is 256 g/mol. The number of likely N-dealkylation sites (tertiary alicyclic amines) is 1. The second-order valence-corrected chi connectivity index (χ2v) is 4.34. The Labute approximate surface area is 108 Å². The lowest BCUT2D eigenvalue weighted by atomic mass is 10.1. The summed E-state index contributed by atoms with van der Waals surface area (Å²) in [5.41, 5.74) is 5.41. The van der Waals surface area contributed by atoms with Gasteiger partial charge in [0.15, 0.2) is 5.84 Å². The minimum atomic E-state index is -0.817. The van der Waals surface area contributed by atoms with E-state index >= 15 is 0 Å². The molecule has 1 unspecified atom stereocenters. The average molecular weight is 269 g/mol. The fraction of sp³-hybridized carbons (Fsp3) is 0.333. The highest BCUT2D eigenvalue weighted by Gasteiger charge is 2.32. The first-order chi connectivity index (χ1) is 9.02. The van der Waals surface area contributed by atoms with Crippen LogP contribution in [-0.2, 0) is 0 Å². The number of hydrogen-bond donors (Lipinski definition) is 2. The number of oxime groups is 1. The van der Waals surface area contributed by atoms with E-state index in [0.29, 0.717) is 25.5 Å². The molecule has 0 radical (unpaired) electrons. The monoisotopic (exact) mass is 269 g/mol. The van der Waals surface area contributed by atoms with Crippen LogP contribution in [0.15, 0.2) is 23.4 Å². The van der Waals surface area contributed by atoms with Crippen LogP contribution in [0.25, 0.3) is 0 Å². The maximum Gasteiger partial charge on any atom is 0.254 e. The molecule has 1 amide bonds. The molecule has 7 heteroatoms. The minimum absolute atomic E-state index is 0.0808. The zero-order valence-corrected chi connectivity index (χ0v) is 10.0. The maximum atomic E-state index is 13.1. The van der Waals surface area contributed by atoms with Crippen molar-refractivity contribution in [1.29, 1.82) is 0 Å². The minimum Gasteiger partial charge on any atom is -0.409 e. The van der Waals surface area contributed by atoms with Gasteiger partial charge in [0.25, 0.3) is 5.91 Å². The molecule has 19 heavy (non-hydrogen) atoms. The van der Waals surface area contributed by atoms with Gasteiger partial charge in [-0.05, 0) is 25.0 Å². The van der Waals surface area contributed by atoms with E-state index in [-0.39, 0.29) is 11.4 Å². The second kappa shape index (κ2) is 5.21. The lowest BCUT2D eigenvalue weighted by Crippen LogP contribution is -2.43. The van der Waals surface area contributed by atoms with E-state index in [1.807, 2.05) is 0 Å². The summed E-state index contributed by atoms with van der Waals surface area (Å²) in [6.45, 7) is 0.401. The summed E-state index contributed by atoms with van der Waals surface area (Å²) in [6.07, 6.45) is 1.24. The van der Waals surface area contributed by atoms with Crippen molar-refractivity contribution >= 4 is 11.7 Å². The van der Waals surface area contributed by atoms with Crippen LogP contribution in [-0.4, -0.2) is 34.4 Å². The molecule has 1 saturated heterocycles. The molecular formula is C12H13F2N3O2. The van der Waals surface area contributed by atoms with Gasteiger partial charge in [-0.1, -0.05) is 5.16 Å². The van der Waals surface area contributed by atoms with Crippen LogP contribution in [0.3, 0.4) is 0 Å². The number of nitrogens with two attached hydrogens (primary N) is 1. The van der Waals surface area contributed by atoms with Gasteiger partial charge in [0.05, 0.1) is 6.04 Å². The molecule has 1 fully saturated rings. The smallest absolute Gasteiger partial charge is 0.254 e. The lowest BCUT2D eigenvalue weighted by molar-refractivity contribution is 0.0767. The van der Waals surface area contributed by atoms with E-state index in [9.17, 15) is 13.6 Å². The molecule has 102 valence electrons. The third-order valence-corrected chi connectivity index (χ3v) is 3.08. The number of amidine groups is 1. The SMILES string of the molecule is NC(=NO)C1CCCN1C(=O)c1cc(F)cc(F)c1. The Morgan fingerprint density at radius 3 is 2.58 bits per heavy atom. The number of carbonyl (C=O) groups excluding carboxylic acids is 1.